The molecular weight excluding hydrogens is 396 g/mol. The number of hydrogen-bond donors (Lipinski definition) is 0. The number of benzene rings is 1. The summed E-state index contributed by atoms with van der Waals surface area (Å²) in [4.78, 5) is 17.6. The van der Waals surface area contributed by atoms with Gasteiger partial charge in [0.2, 0.25) is 5.92 Å². The molecule has 0 N–H and O–H groups in total. The predicted octanol–water partition coefficient (Wildman–Crippen LogP) is 4.77. The fourth-order valence-corrected chi connectivity index (χ4v) is 4.41. The van der Waals surface area contributed by atoms with Crippen molar-refractivity contribution in [3.63, 3.8) is 0 Å². The quantitative estimate of drug-likeness (QED) is 0.559. The molecule has 0 unspecified atom stereocenters. The van der Waals surface area contributed by atoms with Gasteiger partial charge in [0.1, 0.15) is 11.3 Å². The summed E-state index contributed by atoms with van der Waals surface area (Å²) in [6.45, 7) is 2.08. The maximum absolute atomic E-state index is 13.5. The lowest BCUT2D eigenvalue weighted by atomic mass is 9.94. The Morgan fingerprint density at radius 3 is 2.79 bits per heavy atom. The molecule has 2 aromatic heterocycles. The van der Waals surface area contributed by atoms with Crippen molar-refractivity contribution < 1.29 is 13.5 Å². The van der Waals surface area contributed by atoms with E-state index in [-0.39, 0.29) is 24.5 Å². The number of imidazole rings is 1. The first-order valence-electron chi connectivity index (χ1n) is 9.71. The summed E-state index contributed by atoms with van der Waals surface area (Å²) in [5, 5.41) is 0. The van der Waals surface area contributed by atoms with Crippen molar-refractivity contribution in [2.24, 2.45) is 7.05 Å². The maximum atomic E-state index is 13.5. The Balaban J connectivity index is 1.78. The van der Waals surface area contributed by atoms with Crippen molar-refractivity contribution in [3.05, 3.63) is 47.3 Å². The minimum Gasteiger partial charge on any atom is -0.490 e. The Morgan fingerprint density at radius 2 is 2.07 bits per heavy atom. The molecule has 154 valence electrons. The van der Waals surface area contributed by atoms with E-state index in [2.05, 4.69) is 11.9 Å². The van der Waals surface area contributed by atoms with Gasteiger partial charge in [-0.1, -0.05) is 6.92 Å². The number of nitrogens with zero attached hydrogens (tertiary/aromatic N) is 3. The first-order chi connectivity index (χ1) is 13.9. The first-order valence-corrected chi connectivity index (χ1v) is 10.7. The van der Waals surface area contributed by atoms with Crippen LogP contribution in [0, 0.1) is 0 Å². The van der Waals surface area contributed by atoms with Gasteiger partial charge in [-0.05, 0) is 36.8 Å². The molecule has 0 aliphatic heterocycles. The Kier molecular flexibility index (Phi) is 5.38. The van der Waals surface area contributed by atoms with Crippen LogP contribution in [0.3, 0.4) is 0 Å². The molecule has 1 aliphatic carbocycles. The molecule has 1 saturated carbocycles. The number of halogens is 2. The van der Waals surface area contributed by atoms with E-state index >= 15 is 0 Å². The minimum atomic E-state index is -2.59. The van der Waals surface area contributed by atoms with Crippen LogP contribution < -0.4 is 10.3 Å². The highest BCUT2D eigenvalue weighted by Crippen LogP contribution is 2.38. The van der Waals surface area contributed by atoms with Crippen LogP contribution in [0.25, 0.3) is 16.8 Å². The second kappa shape index (κ2) is 7.82. The molecule has 0 saturated heterocycles. The zero-order valence-corrected chi connectivity index (χ0v) is 17.2. The second-order valence-corrected chi connectivity index (χ2v) is 8.68. The van der Waals surface area contributed by atoms with E-state index in [1.165, 1.54) is 4.57 Å². The van der Waals surface area contributed by atoms with Gasteiger partial charge < -0.3 is 9.30 Å². The summed E-state index contributed by atoms with van der Waals surface area (Å²) in [7, 11) is 1.70. The van der Waals surface area contributed by atoms with Crippen molar-refractivity contribution in [2.45, 2.75) is 49.5 Å². The van der Waals surface area contributed by atoms with Crippen LogP contribution in [0.15, 0.2) is 46.6 Å². The minimum absolute atomic E-state index is 0.137. The van der Waals surface area contributed by atoms with Crippen LogP contribution in [-0.4, -0.2) is 31.7 Å². The zero-order chi connectivity index (χ0) is 20.6. The number of aryl methyl sites for hydroxylation is 1. The Labute approximate surface area is 171 Å². The molecule has 3 aromatic rings. The van der Waals surface area contributed by atoms with Gasteiger partial charge in [-0.2, -0.15) is 0 Å². The van der Waals surface area contributed by atoms with Crippen LogP contribution in [0.2, 0.25) is 0 Å². The molecule has 2 heterocycles. The van der Waals surface area contributed by atoms with Crippen molar-refractivity contribution >= 4 is 17.3 Å². The van der Waals surface area contributed by atoms with E-state index in [0.29, 0.717) is 24.1 Å². The molecule has 1 fully saturated rings. The maximum Gasteiger partial charge on any atom is 0.276 e. The van der Waals surface area contributed by atoms with Gasteiger partial charge in [-0.15, -0.1) is 11.8 Å². The van der Waals surface area contributed by atoms with Gasteiger partial charge in [0.25, 0.3) is 5.56 Å². The predicted molar refractivity (Wildman–Crippen MR) is 110 cm³/mol. The molecule has 0 atom stereocenters. The van der Waals surface area contributed by atoms with E-state index in [1.54, 1.807) is 41.9 Å². The van der Waals surface area contributed by atoms with Crippen LogP contribution >= 0.6 is 11.8 Å². The number of fused-ring (bicyclic) bond motifs is 1. The molecule has 5 nitrogen and oxygen atoms in total. The van der Waals surface area contributed by atoms with Gasteiger partial charge >= 0.3 is 0 Å². The lowest BCUT2D eigenvalue weighted by Gasteiger charge is -2.29. The first kappa shape index (κ1) is 19.9. The number of hydrogen-bond acceptors (Lipinski definition) is 4. The van der Waals surface area contributed by atoms with Gasteiger partial charge in [-0.3, -0.25) is 9.20 Å². The average Bonchev–Trinajstić information content (AvgIpc) is 3.18. The summed E-state index contributed by atoms with van der Waals surface area (Å²) in [5.41, 5.74) is 1.93. The van der Waals surface area contributed by atoms with Crippen LogP contribution in [-0.2, 0) is 7.05 Å². The molecule has 0 spiro atoms. The van der Waals surface area contributed by atoms with Crippen LogP contribution in [0.4, 0.5) is 8.78 Å². The number of rotatable bonds is 5. The highest BCUT2D eigenvalue weighted by Gasteiger charge is 2.36. The van der Waals surface area contributed by atoms with Crippen molar-refractivity contribution in [1.29, 1.82) is 0 Å². The Morgan fingerprint density at radius 1 is 1.31 bits per heavy atom. The molecule has 8 heteroatoms. The number of aromatic nitrogens is 3. The van der Waals surface area contributed by atoms with E-state index in [0.717, 1.165) is 21.9 Å². The average molecular weight is 419 g/mol. The molecular formula is C21H23F2N3O2S. The van der Waals surface area contributed by atoms with Crippen LogP contribution in [0.5, 0.6) is 5.75 Å². The summed E-state index contributed by atoms with van der Waals surface area (Å²) >= 11 is 1.71. The summed E-state index contributed by atoms with van der Waals surface area (Å²) in [6, 6.07) is 5.91. The molecule has 29 heavy (non-hydrogen) atoms. The smallest absolute Gasteiger partial charge is 0.276 e. The SMILES string of the molecule is CCSc1ccc(OC2CCC(F)(F)CC2)c(-c2cn(C)c(=O)c3cncn23)c1. The monoisotopic (exact) mass is 419 g/mol. The lowest BCUT2D eigenvalue weighted by Crippen LogP contribution is -2.30. The Hall–Kier alpha value is -2.35. The summed E-state index contributed by atoms with van der Waals surface area (Å²) in [5.74, 6) is -1.04. The lowest BCUT2D eigenvalue weighted by molar-refractivity contribution is -0.0581. The zero-order valence-electron chi connectivity index (χ0n) is 16.4. The van der Waals surface area contributed by atoms with Crippen molar-refractivity contribution in [2.75, 3.05) is 5.75 Å². The van der Waals surface area contributed by atoms with Crippen LogP contribution in [0.1, 0.15) is 32.6 Å². The molecule has 0 bridgehead atoms. The normalized spacial score (nSPS) is 17.0. The molecule has 1 aliphatic rings. The van der Waals surface area contributed by atoms with Gasteiger partial charge in [0.15, 0.2) is 0 Å². The highest BCUT2D eigenvalue weighted by molar-refractivity contribution is 7.99. The van der Waals surface area contributed by atoms with Gasteiger partial charge in [0.05, 0.1) is 24.3 Å². The third-order valence-electron chi connectivity index (χ3n) is 5.25. The number of ether oxygens (including phenoxy) is 1. The molecule has 4 rings (SSSR count). The van der Waals surface area contributed by atoms with Crippen molar-refractivity contribution in [3.8, 4) is 17.0 Å². The second-order valence-electron chi connectivity index (χ2n) is 7.34. The number of thioether (sulfide) groups is 1. The van der Waals surface area contributed by atoms with E-state index in [9.17, 15) is 13.6 Å². The standard InChI is InChI=1S/C21H23F2N3O2S/c1-3-29-15-4-5-19(28-14-6-8-21(22,23)9-7-14)16(10-15)18-12-25(2)20(27)17-11-24-13-26(17)18/h4-5,10-14H,3,6-9H2,1-2H3. The van der Waals surface area contributed by atoms with Crippen molar-refractivity contribution in [1.82, 2.24) is 14.0 Å². The topological polar surface area (TPSA) is 48.5 Å². The fourth-order valence-electron chi connectivity index (χ4n) is 3.71. The van der Waals surface area contributed by atoms with E-state index in [1.807, 2.05) is 18.2 Å². The molecule has 0 amide bonds. The van der Waals surface area contributed by atoms with E-state index < -0.39 is 5.92 Å². The summed E-state index contributed by atoms with van der Waals surface area (Å²) < 4.78 is 36.5. The van der Waals surface area contributed by atoms with Gasteiger partial charge in [0, 0.05) is 36.5 Å². The fraction of sp³-hybridized carbons (Fsp3) is 0.429. The Bertz CT molecular complexity index is 1080. The highest BCUT2D eigenvalue weighted by atomic mass is 32.2. The van der Waals surface area contributed by atoms with E-state index in [4.69, 9.17) is 4.74 Å². The summed E-state index contributed by atoms with van der Waals surface area (Å²) in [6.07, 6.45) is 5.01. The largest absolute Gasteiger partial charge is 0.490 e. The van der Waals surface area contributed by atoms with Gasteiger partial charge in [-0.25, -0.2) is 13.8 Å². The third kappa shape index (κ3) is 4.03. The molecule has 0 radical (unpaired) electrons. The third-order valence-corrected chi connectivity index (χ3v) is 6.13. The number of alkyl halides is 2. The molecule has 1 aromatic carbocycles.